The Labute approximate surface area is 94.7 Å². The Morgan fingerprint density at radius 1 is 1.36 bits per heavy atom. The van der Waals surface area contributed by atoms with Crippen LogP contribution in [-0.4, -0.2) is 10.2 Å². The number of nitrogens with zero attached hydrogens (tertiary/aromatic N) is 1. The molecule has 0 saturated carbocycles. The summed E-state index contributed by atoms with van der Waals surface area (Å²) in [6.07, 6.45) is 0. The highest BCUT2D eigenvalue weighted by atomic mass is 35.5. The maximum atomic E-state index is 5.93. The summed E-state index contributed by atoms with van der Waals surface area (Å²) in [5, 5.41) is 7.44. The van der Waals surface area contributed by atoms with Crippen LogP contribution in [0.1, 0.15) is 0 Å². The smallest absolute Gasteiger partial charge is 0.284 e. The van der Waals surface area contributed by atoms with Crippen LogP contribution in [0.2, 0.25) is 10.0 Å². The summed E-state index contributed by atoms with van der Waals surface area (Å²) >= 11 is 16.5. The molecular formula is C8H4Cl2N2OS. The quantitative estimate of drug-likeness (QED) is 0.781. The molecule has 2 aromatic rings. The van der Waals surface area contributed by atoms with Crippen LogP contribution in [0, 0.1) is 4.84 Å². The Morgan fingerprint density at radius 2 is 2.14 bits per heavy atom. The zero-order valence-electron chi connectivity index (χ0n) is 6.75. The molecule has 1 heterocycles. The number of aromatic nitrogens is 2. The van der Waals surface area contributed by atoms with E-state index in [1.807, 2.05) is 0 Å². The molecule has 0 aliphatic heterocycles. The predicted octanol–water partition coefficient (Wildman–Crippen LogP) is 3.71. The molecular weight excluding hydrogens is 243 g/mol. The number of hydrogen-bond donors (Lipinski definition) is 1. The number of H-pyrrole nitrogens is 1. The first-order chi connectivity index (χ1) is 6.66. The summed E-state index contributed by atoms with van der Waals surface area (Å²) in [6, 6.07) is 5.03. The summed E-state index contributed by atoms with van der Waals surface area (Å²) in [5.41, 5.74) is 0.617. The van der Waals surface area contributed by atoms with Gasteiger partial charge in [0.1, 0.15) is 0 Å². The SMILES string of the molecule is S=c1[nH]nc(-c2cc(Cl)ccc2Cl)o1. The molecule has 1 N–H and O–H groups in total. The van der Waals surface area contributed by atoms with E-state index in [0.717, 1.165) is 0 Å². The molecule has 72 valence electrons. The zero-order valence-corrected chi connectivity index (χ0v) is 9.08. The van der Waals surface area contributed by atoms with Crippen molar-refractivity contribution in [2.45, 2.75) is 0 Å². The highest BCUT2D eigenvalue weighted by Crippen LogP contribution is 2.28. The lowest BCUT2D eigenvalue weighted by Gasteiger charge is -1.98. The molecule has 0 amide bonds. The van der Waals surface area contributed by atoms with Crippen LogP contribution in [0.5, 0.6) is 0 Å². The fraction of sp³-hybridized carbons (Fsp3) is 0. The van der Waals surface area contributed by atoms with Crippen molar-refractivity contribution in [3.05, 3.63) is 33.1 Å². The molecule has 0 aliphatic rings. The zero-order chi connectivity index (χ0) is 10.1. The molecule has 0 spiro atoms. The number of aromatic amines is 1. The molecule has 0 atom stereocenters. The Hall–Kier alpha value is -0.840. The second-order valence-electron chi connectivity index (χ2n) is 2.54. The van der Waals surface area contributed by atoms with Crippen molar-refractivity contribution in [2.24, 2.45) is 0 Å². The van der Waals surface area contributed by atoms with E-state index in [2.05, 4.69) is 10.2 Å². The summed E-state index contributed by atoms with van der Waals surface area (Å²) < 4.78 is 5.11. The van der Waals surface area contributed by atoms with E-state index < -0.39 is 0 Å². The number of nitrogens with one attached hydrogen (secondary N) is 1. The topological polar surface area (TPSA) is 41.8 Å². The maximum Gasteiger partial charge on any atom is 0.284 e. The molecule has 0 saturated heterocycles. The van der Waals surface area contributed by atoms with Crippen LogP contribution in [0.25, 0.3) is 11.5 Å². The van der Waals surface area contributed by atoms with Gasteiger partial charge in [-0.25, -0.2) is 5.10 Å². The van der Waals surface area contributed by atoms with E-state index in [4.69, 9.17) is 39.8 Å². The van der Waals surface area contributed by atoms with E-state index in [0.29, 0.717) is 21.5 Å². The lowest BCUT2D eigenvalue weighted by Crippen LogP contribution is -1.79. The molecule has 1 aromatic carbocycles. The van der Waals surface area contributed by atoms with Gasteiger partial charge < -0.3 is 4.42 Å². The lowest BCUT2D eigenvalue weighted by atomic mass is 10.2. The lowest BCUT2D eigenvalue weighted by molar-refractivity contribution is 0.552. The van der Waals surface area contributed by atoms with E-state index in [1.54, 1.807) is 18.2 Å². The van der Waals surface area contributed by atoms with Crippen molar-refractivity contribution >= 4 is 35.4 Å². The van der Waals surface area contributed by atoms with Gasteiger partial charge in [-0.1, -0.05) is 23.2 Å². The first-order valence-corrected chi connectivity index (χ1v) is 4.84. The number of halogens is 2. The van der Waals surface area contributed by atoms with Gasteiger partial charge in [-0.3, -0.25) is 0 Å². The Bertz CT molecular complexity index is 520. The fourth-order valence-corrected chi connectivity index (χ4v) is 1.50. The Morgan fingerprint density at radius 3 is 2.79 bits per heavy atom. The largest absolute Gasteiger partial charge is 0.409 e. The number of hydrogen-bond acceptors (Lipinski definition) is 3. The van der Waals surface area contributed by atoms with Crippen molar-refractivity contribution in [1.82, 2.24) is 10.2 Å². The monoisotopic (exact) mass is 246 g/mol. The highest BCUT2D eigenvalue weighted by molar-refractivity contribution is 7.71. The number of rotatable bonds is 1. The minimum absolute atomic E-state index is 0.205. The summed E-state index contributed by atoms with van der Waals surface area (Å²) in [5.74, 6) is 0.336. The van der Waals surface area contributed by atoms with Crippen molar-refractivity contribution in [3.63, 3.8) is 0 Å². The van der Waals surface area contributed by atoms with Crippen LogP contribution in [0.4, 0.5) is 0 Å². The molecule has 2 rings (SSSR count). The second kappa shape index (κ2) is 3.73. The minimum atomic E-state index is 0.205. The van der Waals surface area contributed by atoms with Crippen molar-refractivity contribution < 1.29 is 4.42 Å². The van der Waals surface area contributed by atoms with Gasteiger partial charge >= 0.3 is 0 Å². The van der Waals surface area contributed by atoms with Gasteiger partial charge in [0.25, 0.3) is 4.84 Å². The van der Waals surface area contributed by atoms with Gasteiger partial charge in [0, 0.05) is 5.02 Å². The first-order valence-electron chi connectivity index (χ1n) is 3.68. The van der Waals surface area contributed by atoms with Crippen molar-refractivity contribution in [2.75, 3.05) is 0 Å². The van der Waals surface area contributed by atoms with E-state index >= 15 is 0 Å². The van der Waals surface area contributed by atoms with Crippen LogP contribution in [-0.2, 0) is 0 Å². The first kappa shape index (κ1) is 9.71. The van der Waals surface area contributed by atoms with Gasteiger partial charge in [-0.05, 0) is 30.4 Å². The normalized spacial score (nSPS) is 10.4. The third-order valence-electron chi connectivity index (χ3n) is 1.60. The molecule has 0 unspecified atom stereocenters. The second-order valence-corrected chi connectivity index (χ2v) is 3.76. The van der Waals surface area contributed by atoms with Crippen LogP contribution in [0.3, 0.4) is 0 Å². The molecule has 0 aliphatic carbocycles. The minimum Gasteiger partial charge on any atom is -0.409 e. The van der Waals surface area contributed by atoms with Gasteiger partial charge in [0.2, 0.25) is 5.89 Å². The maximum absolute atomic E-state index is 5.93. The molecule has 0 radical (unpaired) electrons. The third-order valence-corrected chi connectivity index (χ3v) is 2.34. The Balaban J connectivity index is 2.61. The molecule has 6 heteroatoms. The van der Waals surface area contributed by atoms with Crippen LogP contribution in [0.15, 0.2) is 22.6 Å². The molecule has 14 heavy (non-hydrogen) atoms. The molecule has 0 bridgehead atoms. The number of benzene rings is 1. The average Bonchev–Trinajstić information content (AvgIpc) is 2.56. The predicted molar refractivity (Wildman–Crippen MR) is 57.1 cm³/mol. The highest BCUT2D eigenvalue weighted by Gasteiger charge is 2.09. The van der Waals surface area contributed by atoms with Crippen molar-refractivity contribution in [1.29, 1.82) is 0 Å². The summed E-state index contributed by atoms with van der Waals surface area (Å²) in [7, 11) is 0. The molecule has 1 aromatic heterocycles. The van der Waals surface area contributed by atoms with Gasteiger partial charge in [-0.15, -0.1) is 5.10 Å². The van der Waals surface area contributed by atoms with Gasteiger partial charge in [0.05, 0.1) is 10.6 Å². The molecule has 3 nitrogen and oxygen atoms in total. The Kier molecular flexibility index (Phi) is 2.58. The average molecular weight is 247 g/mol. The fourth-order valence-electron chi connectivity index (χ4n) is 1.01. The van der Waals surface area contributed by atoms with Crippen LogP contribution >= 0.6 is 35.4 Å². The summed E-state index contributed by atoms with van der Waals surface area (Å²) in [6.45, 7) is 0. The van der Waals surface area contributed by atoms with E-state index in [-0.39, 0.29) is 4.84 Å². The summed E-state index contributed by atoms with van der Waals surface area (Å²) in [4.78, 5) is 0.205. The standard InChI is InChI=1S/C8H4Cl2N2OS/c9-4-1-2-6(10)5(3-4)7-11-12-8(14)13-7/h1-3H,(H,12,14). The van der Waals surface area contributed by atoms with E-state index in [9.17, 15) is 0 Å². The molecule has 0 fully saturated rings. The van der Waals surface area contributed by atoms with Gasteiger partial charge in [-0.2, -0.15) is 0 Å². The van der Waals surface area contributed by atoms with Crippen molar-refractivity contribution in [3.8, 4) is 11.5 Å². The van der Waals surface area contributed by atoms with Gasteiger partial charge in [0.15, 0.2) is 0 Å². The van der Waals surface area contributed by atoms with Crippen LogP contribution < -0.4 is 0 Å². The van der Waals surface area contributed by atoms with E-state index in [1.165, 1.54) is 0 Å². The third kappa shape index (κ3) is 1.82.